The molecule has 0 saturated carbocycles. The topological polar surface area (TPSA) is 138 Å². The number of rotatable bonds is 7. The Bertz CT molecular complexity index is 1430. The Morgan fingerprint density at radius 3 is 2.66 bits per heavy atom. The summed E-state index contributed by atoms with van der Waals surface area (Å²) in [6.07, 6.45) is 0. The van der Waals surface area contributed by atoms with Gasteiger partial charge < -0.3 is 24.3 Å². The van der Waals surface area contributed by atoms with Gasteiger partial charge in [0.25, 0.3) is 11.6 Å². The molecule has 0 unspecified atom stereocenters. The summed E-state index contributed by atoms with van der Waals surface area (Å²) in [4.78, 5) is 23.7. The Morgan fingerprint density at radius 1 is 1.06 bits per heavy atom. The zero-order chi connectivity index (χ0) is 24.4. The normalized spacial score (nSPS) is 11.7. The van der Waals surface area contributed by atoms with Crippen LogP contribution in [0.15, 0.2) is 66.7 Å². The van der Waals surface area contributed by atoms with Crippen molar-refractivity contribution in [3.8, 4) is 40.0 Å². The van der Waals surface area contributed by atoms with Crippen molar-refractivity contribution < 1.29 is 28.7 Å². The zero-order valence-electron chi connectivity index (χ0n) is 18.3. The van der Waals surface area contributed by atoms with Gasteiger partial charge in [0, 0.05) is 17.7 Å². The molecular weight excluding hydrogens is 456 g/mol. The van der Waals surface area contributed by atoms with Crippen LogP contribution in [0.4, 0.5) is 11.4 Å². The monoisotopic (exact) mass is 474 g/mol. The maximum Gasteiger partial charge on any atom is 0.275 e. The lowest BCUT2D eigenvalue weighted by atomic mass is 10.1. The molecule has 0 radical (unpaired) electrons. The van der Waals surface area contributed by atoms with Gasteiger partial charge in [-0.25, -0.2) is 0 Å². The van der Waals surface area contributed by atoms with Crippen LogP contribution in [0.3, 0.4) is 0 Å². The first-order valence-electron chi connectivity index (χ1n) is 10.4. The molecule has 1 amide bonds. The number of aromatic nitrogens is 2. The Labute approximate surface area is 198 Å². The number of nitrogens with one attached hydrogen (secondary N) is 2. The van der Waals surface area contributed by atoms with Crippen molar-refractivity contribution in [3.05, 3.63) is 82.5 Å². The van der Waals surface area contributed by atoms with E-state index in [0.29, 0.717) is 28.7 Å². The molecule has 176 valence electrons. The average Bonchev–Trinajstić information content (AvgIpc) is 3.53. The highest BCUT2D eigenvalue weighted by molar-refractivity contribution is 6.03. The van der Waals surface area contributed by atoms with E-state index < -0.39 is 10.8 Å². The molecule has 5 rings (SSSR count). The molecule has 0 atom stereocenters. The summed E-state index contributed by atoms with van der Waals surface area (Å²) < 4.78 is 21.7. The molecule has 0 fully saturated rings. The van der Waals surface area contributed by atoms with Crippen molar-refractivity contribution in [2.75, 3.05) is 19.2 Å². The summed E-state index contributed by atoms with van der Waals surface area (Å²) in [5.74, 6) is 1.68. The molecular formula is C24H18N4O7. The largest absolute Gasteiger partial charge is 0.493 e. The van der Waals surface area contributed by atoms with Gasteiger partial charge in [0.2, 0.25) is 6.79 Å². The summed E-state index contributed by atoms with van der Waals surface area (Å²) in [5.41, 5.74) is 1.34. The van der Waals surface area contributed by atoms with Crippen molar-refractivity contribution in [3.63, 3.8) is 0 Å². The second-order valence-corrected chi connectivity index (χ2v) is 7.41. The van der Waals surface area contributed by atoms with Crippen LogP contribution in [0.25, 0.3) is 11.3 Å². The van der Waals surface area contributed by atoms with Crippen LogP contribution in [-0.2, 0) is 0 Å². The van der Waals surface area contributed by atoms with Crippen molar-refractivity contribution >= 4 is 17.3 Å². The number of amides is 1. The summed E-state index contributed by atoms with van der Waals surface area (Å²) in [7, 11) is 1.49. The zero-order valence-corrected chi connectivity index (χ0v) is 18.3. The molecule has 11 heteroatoms. The van der Waals surface area contributed by atoms with Gasteiger partial charge in [0.05, 0.1) is 29.5 Å². The fourth-order valence-corrected chi connectivity index (χ4v) is 3.49. The number of aromatic amines is 1. The third-order valence-electron chi connectivity index (χ3n) is 5.15. The van der Waals surface area contributed by atoms with E-state index in [1.807, 2.05) is 0 Å². The fourth-order valence-electron chi connectivity index (χ4n) is 3.49. The van der Waals surface area contributed by atoms with Crippen LogP contribution in [-0.4, -0.2) is 34.9 Å². The predicted octanol–water partition coefficient (Wildman–Crippen LogP) is 4.77. The molecule has 2 N–H and O–H groups in total. The summed E-state index contributed by atoms with van der Waals surface area (Å²) in [5, 5.41) is 21.0. The number of para-hydroxylation sites is 2. The Hall–Kier alpha value is -5.06. The Morgan fingerprint density at radius 2 is 1.86 bits per heavy atom. The van der Waals surface area contributed by atoms with Crippen molar-refractivity contribution in [1.82, 2.24) is 10.2 Å². The highest BCUT2D eigenvalue weighted by Gasteiger charge is 2.18. The fraction of sp³-hybridized carbons (Fsp3) is 0.0833. The number of benzene rings is 3. The van der Waals surface area contributed by atoms with Crippen molar-refractivity contribution in [2.24, 2.45) is 0 Å². The summed E-state index contributed by atoms with van der Waals surface area (Å²) in [6.45, 7) is 0.152. The lowest BCUT2D eigenvalue weighted by Gasteiger charge is -2.11. The molecule has 35 heavy (non-hydrogen) atoms. The highest BCUT2D eigenvalue weighted by atomic mass is 16.7. The van der Waals surface area contributed by atoms with E-state index in [4.69, 9.17) is 18.9 Å². The third kappa shape index (κ3) is 4.55. The maximum atomic E-state index is 12.8. The summed E-state index contributed by atoms with van der Waals surface area (Å²) >= 11 is 0. The number of H-pyrrole nitrogens is 1. The molecule has 3 aromatic carbocycles. The van der Waals surface area contributed by atoms with E-state index in [-0.39, 0.29) is 29.6 Å². The molecule has 2 heterocycles. The third-order valence-corrected chi connectivity index (χ3v) is 5.15. The number of ether oxygens (including phenoxy) is 4. The van der Waals surface area contributed by atoms with Gasteiger partial charge in [0.1, 0.15) is 11.4 Å². The lowest BCUT2D eigenvalue weighted by molar-refractivity contribution is -0.384. The number of non-ortho nitro benzene ring substituents is 1. The van der Waals surface area contributed by atoms with Gasteiger partial charge in [-0.05, 0) is 36.4 Å². The Balaban J connectivity index is 1.37. The van der Waals surface area contributed by atoms with Gasteiger partial charge >= 0.3 is 0 Å². The Kier molecular flexibility index (Phi) is 5.63. The van der Waals surface area contributed by atoms with Gasteiger partial charge in [-0.3, -0.25) is 20.0 Å². The standard InChI is InChI=1S/C24H18N4O7/c1-32-20-4-2-3-5-22(20)35-17-10-15(9-16(11-17)28(30)31)25-24(29)19-12-18(26-27-19)14-6-7-21-23(8-14)34-13-33-21/h2-12H,13H2,1H3,(H,25,29)(H,26,27). The smallest absolute Gasteiger partial charge is 0.275 e. The van der Waals surface area contributed by atoms with E-state index in [9.17, 15) is 14.9 Å². The SMILES string of the molecule is COc1ccccc1Oc1cc(NC(=O)c2cc(-c3ccc4c(c3)OCO4)n[nH]2)cc([N+](=O)[O-])c1. The number of carbonyl (C=O) groups is 1. The number of carbonyl (C=O) groups excluding carboxylic acids is 1. The molecule has 0 aliphatic carbocycles. The van der Waals surface area contributed by atoms with Crippen LogP contribution in [0.2, 0.25) is 0 Å². The van der Waals surface area contributed by atoms with E-state index >= 15 is 0 Å². The van der Waals surface area contributed by atoms with Crippen molar-refractivity contribution in [1.29, 1.82) is 0 Å². The van der Waals surface area contributed by atoms with Crippen LogP contribution in [0, 0.1) is 10.1 Å². The van der Waals surface area contributed by atoms with Crippen LogP contribution in [0.5, 0.6) is 28.7 Å². The molecule has 1 aliphatic rings. The number of methoxy groups -OCH3 is 1. The van der Waals surface area contributed by atoms with E-state index in [2.05, 4.69) is 15.5 Å². The van der Waals surface area contributed by atoms with Crippen LogP contribution in [0.1, 0.15) is 10.5 Å². The number of anilines is 1. The minimum Gasteiger partial charge on any atom is -0.493 e. The molecule has 1 aliphatic heterocycles. The minimum atomic E-state index is -0.571. The predicted molar refractivity (Wildman–Crippen MR) is 124 cm³/mol. The van der Waals surface area contributed by atoms with Crippen LogP contribution < -0.4 is 24.3 Å². The minimum absolute atomic E-state index is 0.152. The van der Waals surface area contributed by atoms with Gasteiger partial charge in [-0.15, -0.1) is 0 Å². The van der Waals surface area contributed by atoms with Gasteiger partial charge in [0.15, 0.2) is 23.0 Å². The molecule has 0 spiro atoms. The molecule has 0 bridgehead atoms. The number of nitrogens with zero attached hydrogens (tertiary/aromatic N) is 2. The number of nitro benzene ring substituents is 1. The number of hydrogen-bond acceptors (Lipinski definition) is 8. The molecule has 1 aromatic heterocycles. The van der Waals surface area contributed by atoms with E-state index in [0.717, 1.165) is 5.56 Å². The quantitative estimate of drug-likeness (QED) is 0.289. The van der Waals surface area contributed by atoms with Crippen molar-refractivity contribution in [2.45, 2.75) is 0 Å². The second kappa shape index (κ2) is 9.06. The number of nitro groups is 1. The number of hydrogen-bond donors (Lipinski definition) is 2. The molecule has 11 nitrogen and oxygen atoms in total. The molecule has 0 saturated heterocycles. The lowest BCUT2D eigenvalue weighted by Crippen LogP contribution is -2.12. The molecule has 4 aromatic rings. The van der Waals surface area contributed by atoms with Crippen LogP contribution >= 0.6 is 0 Å². The number of fused-ring (bicyclic) bond motifs is 1. The van der Waals surface area contributed by atoms with Gasteiger partial charge in [-0.2, -0.15) is 5.10 Å². The van der Waals surface area contributed by atoms with Gasteiger partial charge in [-0.1, -0.05) is 12.1 Å². The first-order chi connectivity index (χ1) is 17.0. The van der Waals surface area contributed by atoms with E-state index in [1.165, 1.54) is 25.3 Å². The summed E-state index contributed by atoms with van der Waals surface area (Å²) in [6, 6.07) is 17.7. The maximum absolute atomic E-state index is 12.8. The first kappa shape index (κ1) is 21.8. The second-order valence-electron chi connectivity index (χ2n) is 7.41. The highest BCUT2D eigenvalue weighted by Crippen LogP contribution is 2.36. The first-order valence-corrected chi connectivity index (χ1v) is 10.4. The van der Waals surface area contributed by atoms with E-state index in [1.54, 1.807) is 48.5 Å². The average molecular weight is 474 g/mol.